The normalized spacial score (nSPS) is 17.7. The van der Waals surface area contributed by atoms with E-state index in [4.69, 9.17) is 17.3 Å². The Hall–Kier alpha value is -0.710. The van der Waals surface area contributed by atoms with Crippen LogP contribution in [0.1, 0.15) is 32.3 Å². The molecule has 116 valence electrons. The molecule has 0 heterocycles. The number of carbonyl (C=O) groups excluding carboxylic acids is 1. The van der Waals surface area contributed by atoms with Crippen molar-refractivity contribution in [2.75, 3.05) is 5.75 Å². The highest BCUT2D eigenvalue weighted by Crippen LogP contribution is 2.42. The lowest BCUT2D eigenvalue weighted by atomic mass is 9.93. The van der Waals surface area contributed by atoms with E-state index >= 15 is 0 Å². The van der Waals surface area contributed by atoms with Crippen molar-refractivity contribution in [3.63, 3.8) is 0 Å². The number of nitrogens with two attached hydrogens (primary N) is 1. The Balaban J connectivity index is 1.98. The van der Waals surface area contributed by atoms with E-state index in [-0.39, 0.29) is 11.9 Å². The van der Waals surface area contributed by atoms with Crippen molar-refractivity contribution >= 4 is 29.3 Å². The smallest absolute Gasteiger partial charge is 0.238 e. The third kappa shape index (κ3) is 4.38. The van der Waals surface area contributed by atoms with Gasteiger partial charge in [-0.3, -0.25) is 4.79 Å². The standard InChI is InChI=1S/C16H23ClN2OS/c1-11(2)19-16(15(18)20,13-5-6-13)10-21-9-12-3-7-14(17)8-4-12/h3-4,7-8,11,13,19H,5-6,9-10H2,1-2H3,(H2,18,20). The molecule has 2 rings (SSSR count). The molecule has 1 saturated carbocycles. The van der Waals surface area contributed by atoms with Gasteiger partial charge in [-0.2, -0.15) is 11.8 Å². The van der Waals surface area contributed by atoms with E-state index in [1.807, 2.05) is 24.3 Å². The highest BCUT2D eigenvalue weighted by molar-refractivity contribution is 7.98. The van der Waals surface area contributed by atoms with Gasteiger partial charge in [0.05, 0.1) is 0 Å². The quantitative estimate of drug-likeness (QED) is 0.771. The van der Waals surface area contributed by atoms with Crippen LogP contribution < -0.4 is 11.1 Å². The topological polar surface area (TPSA) is 55.1 Å². The van der Waals surface area contributed by atoms with E-state index in [0.29, 0.717) is 11.7 Å². The molecule has 1 unspecified atom stereocenters. The number of carbonyl (C=O) groups is 1. The van der Waals surface area contributed by atoms with Crippen LogP contribution in [0.5, 0.6) is 0 Å². The molecule has 5 heteroatoms. The number of halogens is 1. The fourth-order valence-corrected chi connectivity index (χ4v) is 4.06. The van der Waals surface area contributed by atoms with Crippen LogP contribution in [-0.2, 0) is 10.5 Å². The third-order valence-electron chi connectivity index (χ3n) is 3.77. The van der Waals surface area contributed by atoms with Crippen molar-refractivity contribution in [3.05, 3.63) is 34.9 Å². The molecule has 3 nitrogen and oxygen atoms in total. The van der Waals surface area contributed by atoms with Crippen LogP contribution in [0.3, 0.4) is 0 Å². The maximum atomic E-state index is 12.1. The zero-order valence-electron chi connectivity index (χ0n) is 12.6. The first-order valence-electron chi connectivity index (χ1n) is 7.34. The Morgan fingerprint density at radius 2 is 2.05 bits per heavy atom. The predicted octanol–water partition coefficient (Wildman–Crippen LogP) is 3.21. The summed E-state index contributed by atoms with van der Waals surface area (Å²) in [5.41, 5.74) is 6.38. The lowest BCUT2D eigenvalue weighted by Gasteiger charge is -2.34. The summed E-state index contributed by atoms with van der Waals surface area (Å²) in [6.45, 7) is 4.12. The van der Waals surface area contributed by atoms with Crippen LogP contribution in [0.2, 0.25) is 5.02 Å². The summed E-state index contributed by atoms with van der Waals surface area (Å²) < 4.78 is 0. The molecular formula is C16H23ClN2OS. The molecule has 0 saturated heterocycles. The van der Waals surface area contributed by atoms with Gasteiger partial charge in [-0.05, 0) is 50.3 Å². The van der Waals surface area contributed by atoms with Gasteiger partial charge in [0, 0.05) is 22.6 Å². The summed E-state index contributed by atoms with van der Waals surface area (Å²) in [6, 6.07) is 8.08. The second-order valence-electron chi connectivity index (χ2n) is 6.03. The van der Waals surface area contributed by atoms with Gasteiger partial charge in [-0.1, -0.05) is 23.7 Å². The van der Waals surface area contributed by atoms with Crippen LogP contribution >= 0.6 is 23.4 Å². The second-order valence-corrected chi connectivity index (χ2v) is 7.45. The molecular weight excluding hydrogens is 304 g/mol. The summed E-state index contributed by atoms with van der Waals surface area (Å²) in [5, 5.41) is 4.18. The number of hydrogen-bond acceptors (Lipinski definition) is 3. The highest BCUT2D eigenvalue weighted by Gasteiger charge is 2.49. The summed E-state index contributed by atoms with van der Waals surface area (Å²) >= 11 is 7.64. The number of thioether (sulfide) groups is 1. The lowest BCUT2D eigenvalue weighted by Crippen LogP contribution is -2.61. The Labute approximate surface area is 136 Å². The fraction of sp³-hybridized carbons (Fsp3) is 0.562. The van der Waals surface area contributed by atoms with Crippen molar-refractivity contribution in [2.24, 2.45) is 11.7 Å². The van der Waals surface area contributed by atoms with Crippen molar-refractivity contribution in [1.29, 1.82) is 0 Å². The van der Waals surface area contributed by atoms with Crippen LogP contribution in [0.15, 0.2) is 24.3 Å². The van der Waals surface area contributed by atoms with Gasteiger partial charge in [0.15, 0.2) is 0 Å². The summed E-state index contributed by atoms with van der Waals surface area (Å²) in [7, 11) is 0. The van der Waals surface area contributed by atoms with Crippen LogP contribution in [0, 0.1) is 5.92 Å². The van der Waals surface area contributed by atoms with E-state index in [1.165, 1.54) is 5.56 Å². The van der Waals surface area contributed by atoms with Gasteiger partial charge >= 0.3 is 0 Å². The number of nitrogens with one attached hydrogen (secondary N) is 1. The SMILES string of the molecule is CC(C)NC(CSCc1ccc(Cl)cc1)(C(N)=O)C1CC1. The van der Waals surface area contributed by atoms with Crippen LogP contribution in [-0.4, -0.2) is 23.2 Å². The molecule has 1 aromatic rings. The minimum absolute atomic E-state index is 0.220. The second kappa shape index (κ2) is 7.03. The maximum absolute atomic E-state index is 12.1. The van der Waals surface area contributed by atoms with Crippen LogP contribution in [0.25, 0.3) is 0 Å². The number of rotatable bonds is 8. The molecule has 0 spiro atoms. The first kappa shape index (κ1) is 16.7. The van der Waals surface area contributed by atoms with E-state index in [9.17, 15) is 4.79 Å². The molecule has 0 radical (unpaired) electrons. The zero-order valence-corrected chi connectivity index (χ0v) is 14.1. The Kier molecular flexibility index (Phi) is 5.58. The van der Waals surface area contributed by atoms with Gasteiger partial charge in [0.2, 0.25) is 5.91 Å². The lowest BCUT2D eigenvalue weighted by molar-refractivity contribution is -0.124. The number of primary amides is 1. The average Bonchev–Trinajstić information content (AvgIpc) is 3.23. The van der Waals surface area contributed by atoms with Crippen molar-refractivity contribution in [1.82, 2.24) is 5.32 Å². The van der Waals surface area contributed by atoms with Gasteiger partial charge in [0.25, 0.3) is 0 Å². The summed E-state index contributed by atoms with van der Waals surface area (Å²) in [5.74, 6) is 1.74. The zero-order chi connectivity index (χ0) is 15.5. The minimum atomic E-state index is -0.564. The summed E-state index contributed by atoms with van der Waals surface area (Å²) in [4.78, 5) is 12.1. The average molecular weight is 327 g/mol. The molecule has 0 aliphatic heterocycles. The highest BCUT2D eigenvalue weighted by atomic mass is 35.5. The van der Waals surface area contributed by atoms with Crippen molar-refractivity contribution < 1.29 is 4.79 Å². The molecule has 1 aliphatic rings. The minimum Gasteiger partial charge on any atom is -0.368 e. The molecule has 1 aliphatic carbocycles. The summed E-state index contributed by atoms with van der Waals surface area (Å²) in [6.07, 6.45) is 2.17. The third-order valence-corrected chi connectivity index (χ3v) is 5.22. The Morgan fingerprint density at radius 3 is 2.52 bits per heavy atom. The Bertz CT molecular complexity index is 488. The van der Waals surface area contributed by atoms with E-state index < -0.39 is 5.54 Å². The molecule has 3 N–H and O–H groups in total. The Morgan fingerprint density at radius 1 is 1.43 bits per heavy atom. The molecule has 0 bridgehead atoms. The van der Waals surface area contributed by atoms with E-state index in [0.717, 1.165) is 23.6 Å². The molecule has 0 aromatic heterocycles. The first-order valence-corrected chi connectivity index (χ1v) is 8.87. The predicted molar refractivity (Wildman–Crippen MR) is 90.5 cm³/mol. The molecule has 1 amide bonds. The molecule has 1 fully saturated rings. The van der Waals surface area contributed by atoms with Gasteiger partial charge in [-0.15, -0.1) is 0 Å². The number of benzene rings is 1. The molecule has 1 aromatic carbocycles. The van der Waals surface area contributed by atoms with Gasteiger partial charge in [-0.25, -0.2) is 0 Å². The van der Waals surface area contributed by atoms with Gasteiger partial charge < -0.3 is 11.1 Å². The largest absolute Gasteiger partial charge is 0.368 e. The molecule has 1 atom stereocenters. The van der Waals surface area contributed by atoms with E-state index in [1.54, 1.807) is 11.8 Å². The monoisotopic (exact) mass is 326 g/mol. The fourth-order valence-electron chi connectivity index (χ4n) is 2.62. The molecule has 21 heavy (non-hydrogen) atoms. The van der Waals surface area contributed by atoms with Crippen molar-refractivity contribution in [2.45, 2.75) is 44.0 Å². The number of hydrogen-bond donors (Lipinski definition) is 2. The van der Waals surface area contributed by atoms with Crippen LogP contribution in [0.4, 0.5) is 0 Å². The maximum Gasteiger partial charge on any atom is 0.238 e. The van der Waals surface area contributed by atoms with E-state index in [2.05, 4.69) is 19.2 Å². The number of amides is 1. The van der Waals surface area contributed by atoms with Gasteiger partial charge in [0.1, 0.15) is 5.54 Å². The van der Waals surface area contributed by atoms with Crippen molar-refractivity contribution in [3.8, 4) is 0 Å². The first-order chi connectivity index (χ1) is 9.94.